The monoisotopic (exact) mass is 195 g/mol. The first-order valence-electron chi connectivity index (χ1n) is 6.04. The van der Waals surface area contributed by atoms with E-state index in [4.69, 9.17) is 0 Å². The summed E-state index contributed by atoms with van der Waals surface area (Å²) in [5.41, 5.74) is 0. The number of carbonyl (C=O) groups is 1. The van der Waals surface area contributed by atoms with Crippen LogP contribution in [0.3, 0.4) is 0 Å². The lowest BCUT2D eigenvalue weighted by Crippen LogP contribution is -2.16. The molecular weight excluding hydrogens is 174 g/mol. The summed E-state index contributed by atoms with van der Waals surface area (Å²) in [7, 11) is 0. The average Bonchev–Trinajstić information content (AvgIpc) is 2.72. The van der Waals surface area contributed by atoms with E-state index in [1.807, 2.05) is 0 Å². The Labute approximate surface area is 86.5 Å². The smallest absolute Gasteiger partial charge is 0.135 e. The number of hydrogen-bond acceptors (Lipinski definition) is 2. The lowest BCUT2D eigenvalue weighted by atomic mass is 9.96. The molecule has 2 rings (SSSR count). The van der Waals surface area contributed by atoms with E-state index in [9.17, 15) is 4.79 Å². The van der Waals surface area contributed by atoms with E-state index in [-0.39, 0.29) is 0 Å². The number of unbranched alkanes of at least 4 members (excludes halogenated alkanes) is 1. The second kappa shape index (κ2) is 4.43. The quantitative estimate of drug-likeness (QED) is 0.743. The molecule has 0 aromatic rings. The lowest BCUT2D eigenvalue weighted by Gasteiger charge is -2.09. The van der Waals surface area contributed by atoms with Gasteiger partial charge in [0.25, 0.3) is 0 Å². The van der Waals surface area contributed by atoms with Crippen molar-refractivity contribution in [1.29, 1.82) is 0 Å². The molecule has 1 heterocycles. The number of ketones is 1. The van der Waals surface area contributed by atoms with Gasteiger partial charge in [0.1, 0.15) is 5.78 Å². The molecule has 1 N–H and O–H groups in total. The highest BCUT2D eigenvalue weighted by atomic mass is 16.1. The van der Waals surface area contributed by atoms with E-state index < -0.39 is 0 Å². The van der Waals surface area contributed by atoms with Gasteiger partial charge in [-0.2, -0.15) is 0 Å². The fourth-order valence-electron chi connectivity index (χ4n) is 2.98. The Balaban J connectivity index is 1.80. The summed E-state index contributed by atoms with van der Waals surface area (Å²) in [6.07, 6.45) is 5.39. The molecule has 1 aliphatic heterocycles. The number of Topliss-reactive ketones (excluding diaryl/α,β-unsaturated/α-hetero) is 1. The van der Waals surface area contributed by atoms with Crippen molar-refractivity contribution in [2.75, 3.05) is 13.1 Å². The molecular formula is C12H21NO. The number of hydrogen-bond donors (Lipinski definition) is 1. The number of carbonyl (C=O) groups excluding carboxylic acids is 1. The van der Waals surface area contributed by atoms with Crippen molar-refractivity contribution >= 4 is 5.78 Å². The van der Waals surface area contributed by atoms with Gasteiger partial charge in [0.15, 0.2) is 0 Å². The summed E-state index contributed by atoms with van der Waals surface area (Å²) in [6, 6.07) is 0. The Morgan fingerprint density at radius 2 is 1.93 bits per heavy atom. The van der Waals surface area contributed by atoms with Gasteiger partial charge in [-0.1, -0.05) is 13.3 Å². The summed E-state index contributed by atoms with van der Waals surface area (Å²) in [4.78, 5) is 11.8. The normalized spacial score (nSPS) is 35.9. The predicted octanol–water partition coefficient (Wildman–Crippen LogP) is 1.99. The largest absolute Gasteiger partial charge is 0.316 e. The van der Waals surface area contributed by atoms with E-state index in [1.165, 1.54) is 12.8 Å². The van der Waals surface area contributed by atoms with Crippen LogP contribution in [-0.2, 0) is 4.79 Å². The van der Waals surface area contributed by atoms with Gasteiger partial charge in [-0.25, -0.2) is 0 Å². The van der Waals surface area contributed by atoms with Crippen LogP contribution in [0.15, 0.2) is 0 Å². The summed E-state index contributed by atoms with van der Waals surface area (Å²) >= 11 is 0. The molecule has 0 radical (unpaired) electrons. The van der Waals surface area contributed by atoms with E-state index in [0.717, 1.165) is 44.2 Å². The Kier molecular flexibility index (Phi) is 3.22. The van der Waals surface area contributed by atoms with Crippen LogP contribution < -0.4 is 5.32 Å². The minimum Gasteiger partial charge on any atom is -0.316 e. The van der Waals surface area contributed by atoms with Crippen molar-refractivity contribution in [3.05, 3.63) is 0 Å². The maximum atomic E-state index is 11.8. The third-order valence-corrected chi connectivity index (χ3v) is 3.89. The van der Waals surface area contributed by atoms with Crippen molar-refractivity contribution in [2.24, 2.45) is 17.8 Å². The zero-order valence-corrected chi connectivity index (χ0v) is 9.09. The third-order valence-electron chi connectivity index (χ3n) is 3.89. The van der Waals surface area contributed by atoms with Crippen molar-refractivity contribution in [3.63, 3.8) is 0 Å². The first-order chi connectivity index (χ1) is 6.81. The Bertz CT molecular complexity index is 202. The fourth-order valence-corrected chi connectivity index (χ4v) is 2.98. The van der Waals surface area contributed by atoms with Crippen molar-refractivity contribution in [1.82, 2.24) is 5.32 Å². The predicted molar refractivity (Wildman–Crippen MR) is 57.1 cm³/mol. The van der Waals surface area contributed by atoms with Crippen LogP contribution in [-0.4, -0.2) is 18.9 Å². The highest BCUT2D eigenvalue weighted by molar-refractivity contribution is 5.81. The molecule has 2 fully saturated rings. The summed E-state index contributed by atoms with van der Waals surface area (Å²) < 4.78 is 0. The first kappa shape index (κ1) is 10.2. The van der Waals surface area contributed by atoms with Gasteiger partial charge in [-0.05, 0) is 44.2 Å². The van der Waals surface area contributed by atoms with Gasteiger partial charge in [-0.15, -0.1) is 0 Å². The highest BCUT2D eigenvalue weighted by Crippen LogP contribution is 2.39. The second-order valence-electron chi connectivity index (χ2n) is 4.92. The number of rotatable bonds is 4. The Morgan fingerprint density at radius 1 is 1.29 bits per heavy atom. The maximum Gasteiger partial charge on any atom is 0.135 e. The van der Waals surface area contributed by atoms with Gasteiger partial charge in [0.05, 0.1) is 0 Å². The molecule has 0 aromatic carbocycles. The molecule has 0 amide bonds. The van der Waals surface area contributed by atoms with Crippen molar-refractivity contribution < 1.29 is 4.79 Å². The molecule has 80 valence electrons. The third kappa shape index (κ3) is 2.00. The summed E-state index contributed by atoms with van der Waals surface area (Å²) in [6.45, 7) is 4.46. The van der Waals surface area contributed by atoms with Gasteiger partial charge in [0, 0.05) is 12.3 Å². The van der Waals surface area contributed by atoms with Gasteiger partial charge in [0.2, 0.25) is 0 Å². The maximum absolute atomic E-state index is 11.8. The molecule has 2 heteroatoms. The van der Waals surface area contributed by atoms with E-state index in [0.29, 0.717) is 11.7 Å². The first-order valence-corrected chi connectivity index (χ1v) is 6.04. The number of fused-ring (bicyclic) bond motifs is 1. The minimum absolute atomic E-state index is 0.415. The minimum atomic E-state index is 0.415. The molecule has 2 unspecified atom stereocenters. The van der Waals surface area contributed by atoms with Crippen LogP contribution in [0.1, 0.15) is 39.0 Å². The van der Waals surface area contributed by atoms with E-state index in [2.05, 4.69) is 12.2 Å². The zero-order chi connectivity index (χ0) is 9.97. The SMILES string of the molecule is CCCCC(=O)C1CC2CNCC2C1. The fraction of sp³-hybridized carbons (Fsp3) is 0.917. The van der Waals surface area contributed by atoms with Crippen LogP contribution in [0.4, 0.5) is 0 Å². The van der Waals surface area contributed by atoms with Crippen LogP contribution in [0.25, 0.3) is 0 Å². The molecule has 0 aromatic heterocycles. The molecule has 2 aliphatic rings. The van der Waals surface area contributed by atoms with Gasteiger partial charge in [-0.3, -0.25) is 4.79 Å². The molecule has 1 saturated carbocycles. The van der Waals surface area contributed by atoms with Crippen LogP contribution >= 0.6 is 0 Å². The molecule has 1 saturated heterocycles. The van der Waals surface area contributed by atoms with E-state index >= 15 is 0 Å². The Hall–Kier alpha value is -0.370. The van der Waals surface area contributed by atoms with Crippen molar-refractivity contribution in [2.45, 2.75) is 39.0 Å². The molecule has 0 bridgehead atoms. The van der Waals surface area contributed by atoms with Crippen LogP contribution in [0, 0.1) is 17.8 Å². The molecule has 2 nitrogen and oxygen atoms in total. The van der Waals surface area contributed by atoms with Crippen LogP contribution in [0.2, 0.25) is 0 Å². The highest BCUT2D eigenvalue weighted by Gasteiger charge is 2.39. The second-order valence-corrected chi connectivity index (χ2v) is 4.92. The Morgan fingerprint density at radius 3 is 2.50 bits per heavy atom. The topological polar surface area (TPSA) is 29.1 Å². The standard InChI is InChI=1S/C12H21NO/c1-2-3-4-12(14)9-5-10-7-13-8-11(10)6-9/h9-11,13H,2-8H2,1H3. The summed E-state index contributed by atoms with van der Waals surface area (Å²) in [5.74, 6) is 2.58. The summed E-state index contributed by atoms with van der Waals surface area (Å²) in [5, 5.41) is 3.42. The molecule has 0 spiro atoms. The number of nitrogens with one attached hydrogen (secondary N) is 1. The average molecular weight is 195 g/mol. The van der Waals surface area contributed by atoms with Crippen LogP contribution in [0.5, 0.6) is 0 Å². The molecule has 14 heavy (non-hydrogen) atoms. The van der Waals surface area contributed by atoms with Gasteiger partial charge < -0.3 is 5.32 Å². The van der Waals surface area contributed by atoms with Crippen molar-refractivity contribution in [3.8, 4) is 0 Å². The van der Waals surface area contributed by atoms with Gasteiger partial charge >= 0.3 is 0 Å². The van der Waals surface area contributed by atoms with E-state index in [1.54, 1.807) is 0 Å². The zero-order valence-electron chi connectivity index (χ0n) is 9.09. The molecule has 2 atom stereocenters. The molecule has 1 aliphatic carbocycles. The lowest BCUT2D eigenvalue weighted by molar-refractivity contribution is -0.122.